The number of benzene rings is 2. The number of fused-ring (bicyclic) bond motifs is 3. The molecule has 0 saturated carbocycles. The molecule has 0 aliphatic heterocycles. The summed E-state index contributed by atoms with van der Waals surface area (Å²) in [6.45, 7) is 0. The van der Waals surface area contributed by atoms with Gasteiger partial charge in [-0.3, -0.25) is 10.1 Å². The third-order valence-corrected chi connectivity index (χ3v) is 4.83. The maximum Gasteiger partial charge on any atom is 0.416 e. The van der Waals surface area contributed by atoms with E-state index in [0.29, 0.717) is 15.1 Å². The number of hydrogen-bond acceptors (Lipinski definition) is 5. The van der Waals surface area contributed by atoms with E-state index in [2.05, 4.69) is 5.10 Å². The van der Waals surface area contributed by atoms with Gasteiger partial charge < -0.3 is 5.11 Å². The second-order valence-corrected chi connectivity index (χ2v) is 6.01. The van der Waals surface area contributed by atoms with Gasteiger partial charge in [0.2, 0.25) is 0 Å². The molecule has 0 aliphatic carbocycles. The van der Waals surface area contributed by atoms with E-state index in [1.807, 2.05) is 30.3 Å². The van der Waals surface area contributed by atoms with Gasteiger partial charge in [0.1, 0.15) is 6.20 Å². The average molecular weight is 324 g/mol. The number of aromatic hydroxyl groups is 1. The number of non-ortho nitro benzene ring substituents is 1. The van der Waals surface area contributed by atoms with Gasteiger partial charge >= 0.3 is 10.7 Å². The minimum absolute atomic E-state index is 0.0137. The van der Waals surface area contributed by atoms with Crippen molar-refractivity contribution in [1.82, 2.24) is 5.10 Å². The molecule has 6 nitrogen and oxygen atoms in total. The van der Waals surface area contributed by atoms with E-state index in [1.54, 1.807) is 12.3 Å². The van der Waals surface area contributed by atoms with Crippen molar-refractivity contribution >= 4 is 32.6 Å². The van der Waals surface area contributed by atoms with Crippen molar-refractivity contribution < 1.29 is 14.5 Å². The van der Waals surface area contributed by atoms with Crippen LogP contribution < -0.4 is 4.52 Å². The summed E-state index contributed by atoms with van der Waals surface area (Å²) in [5.41, 5.74) is 0.888. The standard InChI is InChI=1S/C16H9N3O3S/c20-15-14(10-4-2-1-3-5-10)23-16-13-8-12(19(21)22)7-6-11(13)9-17-18(15)16/h1-9H/p+1. The van der Waals surface area contributed by atoms with Crippen LogP contribution in [-0.2, 0) is 0 Å². The molecule has 0 atom stereocenters. The zero-order valence-corrected chi connectivity index (χ0v) is 12.5. The molecule has 2 aromatic carbocycles. The quantitative estimate of drug-likeness (QED) is 0.348. The molecule has 1 N–H and O–H groups in total. The van der Waals surface area contributed by atoms with Crippen LogP contribution in [0.2, 0.25) is 0 Å². The lowest BCUT2D eigenvalue weighted by atomic mass is 10.2. The highest BCUT2D eigenvalue weighted by atomic mass is 32.1. The molecule has 23 heavy (non-hydrogen) atoms. The molecule has 2 heterocycles. The zero-order valence-electron chi connectivity index (χ0n) is 11.7. The fourth-order valence-electron chi connectivity index (χ4n) is 2.51. The second-order valence-electron chi connectivity index (χ2n) is 5.01. The topological polar surface area (TPSA) is 80.4 Å². The van der Waals surface area contributed by atoms with E-state index in [-0.39, 0.29) is 11.6 Å². The Morgan fingerprint density at radius 1 is 1.17 bits per heavy atom. The van der Waals surface area contributed by atoms with E-state index < -0.39 is 4.92 Å². The molecule has 4 aromatic rings. The smallest absolute Gasteiger partial charge is 0.416 e. The molecule has 0 amide bonds. The van der Waals surface area contributed by atoms with Crippen LogP contribution in [0.25, 0.3) is 26.0 Å². The summed E-state index contributed by atoms with van der Waals surface area (Å²) in [7, 11) is 0. The van der Waals surface area contributed by atoms with Crippen molar-refractivity contribution in [3.8, 4) is 16.3 Å². The van der Waals surface area contributed by atoms with Crippen LogP contribution in [0.5, 0.6) is 5.88 Å². The van der Waals surface area contributed by atoms with Gasteiger partial charge in [-0.05, 0) is 6.07 Å². The Labute approximate surface area is 134 Å². The van der Waals surface area contributed by atoms with Gasteiger partial charge in [-0.2, -0.15) is 0 Å². The van der Waals surface area contributed by atoms with Crippen LogP contribution in [0.1, 0.15) is 0 Å². The van der Waals surface area contributed by atoms with E-state index in [1.165, 1.54) is 28.0 Å². The summed E-state index contributed by atoms with van der Waals surface area (Å²) in [6.07, 6.45) is 1.59. The van der Waals surface area contributed by atoms with Crippen LogP contribution in [0.3, 0.4) is 0 Å². The lowest BCUT2D eigenvalue weighted by Crippen LogP contribution is -2.23. The Hall–Kier alpha value is -3.06. The van der Waals surface area contributed by atoms with E-state index in [4.69, 9.17) is 0 Å². The minimum atomic E-state index is -0.429. The maximum absolute atomic E-state index is 11.0. The molecular formula is C16H10N3O3S+. The molecule has 0 spiro atoms. The first-order chi connectivity index (χ1) is 11.1. The van der Waals surface area contributed by atoms with Gasteiger partial charge in [-0.15, -0.1) is 0 Å². The molecular weight excluding hydrogens is 314 g/mol. The van der Waals surface area contributed by atoms with Crippen molar-refractivity contribution in [2.75, 3.05) is 0 Å². The Balaban J connectivity index is 2.06. The summed E-state index contributed by atoms with van der Waals surface area (Å²) in [5.74, 6) is 0.0320. The van der Waals surface area contributed by atoms with E-state index in [9.17, 15) is 15.2 Å². The zero-order chi connectivity index (χ0) is 16.0. The maximum atomic E-state index is 11.0. The van der Waals surface area contributed by atoms with Crippen molar-refractivity contribution in [3.63, 3.8) is 0 Å². The highest BCUT2D eigenvalue weighted by Gasteiger charge is 2.26. The number of aromatic nitrogens is 2. The van der Waals surface area contributed by atoms with Gasteiger partial charge in [0.25, 0.3) is 5.69 Å². The first-order valence-corrected chi connectivity index (χ1v) is 7.63. The van der Waals surface area contributed by atoms with Gasteiger partial charge in [0.05, 0.1) is 10.3 Å². The number of rotatable bonds is 2. The number of thiazole rings is 1. The summed E-state index contributed by atoms with van der Waals surface area (Å²) >= 11 is 1.35. The summed E-state index contributed by atoms with van der Waals surface area (Å²) in [5, 5.41) is 27.2. The van der Waals surface area contributed by atoms with Gasteiger partial charge in [-0.1, -0.05) is 41.7 Å². The minimum Gasteiger partial charge on any atom is -0.457 e. The van der Waals surface area contributed by atoms with Gasteiger partial charge in [-0.25, -0.2) is 0 Å². The fraction of sp³-hybridized carbons (Fsp3) is 0. The number of nitro benzene ring substituents is 1. The molecule has 7 heteroatoms. The monoisotopic (exact) mass is 324 g/mol. The molecule has 0 radical (unpaired) electrons. The van der Waals surface area contributed by atoms with Crippen molar-refractivity contribution in [3.05, 3.63) is 64.8 Å². The molecule has 4 rings (SSSR count). The van der Waals surface area contributed by atoms with Crippen molar-refractivity contribution in [1.29, 1.82) is 0 Å². The molecule has 0 unspecified atom stereocenters. The van der Waals surface area contributed by atoms with Crippen LogP contribution in [0.4, 0.5) is 5.69 Å². The third kappa shape index (κ3) is 2.09. The summed E-state index contributed by atoms with van der Waals surface area (Å²) in [4.78, 5) is 11.9. The second kappa shape index (κ2) is 4.99. The Morgan fingerprint density at radius 2 is 1.96 bits per heavy atom. The van der Waals surface area contributed by atoms with E-state index >= 15 is 0 Å². The fourth-order valence-corrected chi connectivity index (χ4v) is 3.64. The summed E-state index contributed by atoms with van der Waals surface area (Å²) < 4.78 is 1.42. The molecule has 112 valence electrons. The molecule has 0 saturated heterocycles. The van der Waals surface area contributed by atoms with Crippen LogP contribution in [0.15, 0.2) is 54.7 Å². The largest absolute Gasteiger partial charge is 0.457 e. The average Bonchev–Trinajstić information content (AvgIpc) is 2.92. The van der Waals surface area contributed by atoms with Crippen molar-refractivity contribution in [2.45, 2.75) is 0 Å². The number of nitrogens with zero attached hydrogens (tertiary/aromatic N) is 3. The third-order valence-electron chi connectivity index (χ3n) is 3.62. The molecule has 0 bridgehead atoms. The van der Waals surface area contributed by atoms with E-state index in [0.717, 1.165) is 10.9 Å². The number of nitro groups is 1. The Bertz CT molecular complexity index is 1060. The first kappa shape index (κ1) is 13.6. The lowest BCUT2D eigenvalue weighted by molar-refractivity contribution is -0.583. The predicted octanol–water partition coefficient (Wildman–Crippen LogP) is 3.32. The molecule has 0 aliphatic rings. The van der Waals surface area contributed by atoms with Crippen LogP contribution in [0, 0.1) is 10.1 Å². The van der Waals surface area contributed by atoms with Crippen molar-refractivity contribution in [2.24, 2.45) is 0 Å². The highest BCUT2D eigenvalue weighted by Crippen LogP contribution is 2.36. The SMILES string of the molecule is O=[N+]([O-])c1ccc2cn[n+]3c(O)c(-c4ccccc4)sc3c2c1. The van der Waals surface area contributed by atoms with Crippen LogP contribution >= 0.6 is 11.3 Å². The Kier molecular flexibility index (Phi) is 2.95. The molecule has 0 fully saturated rings. The first-order valence-electron chi connectivity index (χ1n) is 6.81. The van der Waals surface area contributed by atoms with Gasteiger partial charge in [0.15, 0.2) is 4.88 Å². The predicted molar refractivity (Wildman–Crippen MR) is 86.5 cm³/mol. The number of hydrogen-bond donors (Lipinski definition) is 1. The summed E-state index contributed by atoms with van der Waals surface area (Å²) in [6, 6.07) is 14.1. The van der Waals surface area contributed by atoms with Crippen LogP contribution in [-0.4, -0.2) is 15.1 Å². The highest BCUT2D eigenvalue weighted by molar-refractivity contribution is 7.21. The normalized spacial score (nSPS) is 11.1. The Morgan fingerprint density at radius 3 is 2.70 bits per heavy atom. The molecule has 2 aromatic heterocycles. The van der Waals surface area contributed by atoms with Gasteiger partial charge in [0, 0.05) is 32.7 Å². The lowest BCUT2D eigenvalue weighted by Gasteiger charge is -1.94.